The molecule has 1 saturated heterocycles. The summed E-state index contributed by atoms with van der Waals surface area (Å²) in [6, 6.07) is 30.5. The van der Waals surface area contributed by atoms with Gasteiger partial charge in [0.2, 0.25) is 5.56 Å². The van der Waals surface area contributed by atoms with E-state index >= 15 is 0 Å². The van der Waals surface area contributed by atoms with Crippen LogP contribution in [0.3, 0.4) is 0 Å². The Hall–Kier alpha value is -11.8. The first-order valence-corrected chi connectivity index (χ1v) is 32.2. The lowest BCUT2D eigenvalue weighted by Crippen LogP contribution is -2.41. The van der Waals surface area contributed by atoms with Crippen LogP contribution in [-0.4, -0.2) is 94.9 Å². The van der Waals surface area contributed by atoms with Crippen molar-refractivity contribution in [3.8, 4) is 201 Å². The lowest BCUT2D eigenvalue weighted by atomic mass is 9.77. The van der Waals surface area contributed by atoms with E-state index in [0.717, 1.165) is 91.4 Å². The van der Waals surface area contributed by atoms with Crippen LogP contribution in [0.1, 0.15) is 41.5 Å². The fourth-order valence-electron chi connectivity index (χ4n) is 7.76. The molecule has 0 spiro atoms. The SMILES string of the molecule is CC#CC#CC#CC#CC#CC#CC#CC#CC#CC#CC#CC#CC#CC#CC#CC.COc1cc2[nH]c(=O)ccc2cc1Br.COc1cc2nc(Cl)ccc2cc1Br.COc1cc2nc(N(C)C)ccc2cc1B1OC(C)(C)C(C)(C)O1.COc1cc2nc(N(C)C)ccc2cc1Br. The smallest absolute Gasteiger partial charge is 0.497 e. The molecule has 13 nitrogen and oxygen atoms in total. The summed E-state index contributed by atoms with van der Waals surface area (Å²) in [6.07, 6.45) is 0. The second-order valence-electron chi connectivity index (χ2n) is 20.9. The minimum absolute atomic E-state index is 0.109. The first-order chi connectivity index (χ1) is 48.1. The molecule has 5 heterocycles. The van der Waals surface area contributed by atoms with Crippen LogP contribution < -0.4 is 39.8 Å². The van der Waals surface area contributed by atoms with Crippen molar-refractivity contribution >= 4 is 127 Å². The molecule has 1 aliphatic rings. The van der Waals surface area contributed by atoms with Crippen molar-refractivity contribution in [3.05, 3.63) is 126 Å². The zero-order valence-corrected chi connectivity index (χ0v) is 62.4. The van der Waals surface area contributed by atoms with Crippen LogP contribution in [0.15, 0.2) is 115 Å². The molecule has 0 bridgehead atoms. The Balaban J connectivity index is 0.000000234. The van der Waals surface area contributed by atoms with Gasteiger partial charge in [0.1, 0.15) is 39.8 Å². The van der Waals surface area contributed by atoms with E-state index < -0.39 is 7.12 Å². The molecular formula is C82H59BBr3ClN6O7. The van der Waals surface area contributed by atoms with E-state index in [4.69, 9.17) is 39.9 Å². The quantitative estimate of drug-likeness (QED) is 0.0925. The molecule has 9 rings (SSSR count). The Bertz CT molecular complexity index is 5380. The second-order valence-corrected chi connectivity index (χ2v) is 23.8. The molecule has 0 radical (unpaired) electrons. The largest absolute Gasteiger partial charge is 0.498 e. The topological polar surface area (TPSA) is 133 Å². The first kappa shape index (κ1) is 78.9. The molecule has 100 heavy (non-hydrogen) atoms. The van der Waals surface area contributed by atoms with Gasteiger partial charge in [-0.05, 0) is 256 Å². The van der Waals surface area contributed by atoms with Crippen LogP contribution in [-0.2, 0) is 9.31 Å². The van der Waals surface area contributed by atoms with Crippen molar-refractivity contribution in [2.75, 3.05) is 66.4 Å². The van der Waals surface area contributed by atoms with Crippen molar-refractivity contribution in [1.82, 2.24) is 19.9 Å². The average molecular weight is 1530 g/mol. The Kier molecular flexibility index (Phi) is 32.6. The molecular weight excluding hydrogens is 1470 g/mol. The predicted molar refractivity (Wildman–Crippen MR) is 416 cm³/mol. The van der Waals surface area contributed by atoms with E-state index in [1.807, 2.05) is 126 Å². The average Bonchev–Trinajstić information content (AvgIpc) is 1.58. The molecule has 490 valence electrons. The zero-order valence-electron chi connectivity index (χ0n) is 56.9. The first-order valence-electron chi connectivity index (χ1n) is 29.4. The molecule has 0 amide bonds. The van der Waals surface area contributed by atoms with Crippen molar-refractivity contribution in [2.45, 2.75) is 52.7 Å². The maximum absolute atomic E-state index is 11.1. The number of H-pyrrole nitrogens is 1. The third-order valence-corrected chi connectivity index (χ3v) is 15.3. The third-order valence-electron chi connectivity index (χ3n) is 13.3. The molecule has 0 unspecified atom stereocenters. The Morgan fingerprint density at radius 2 is 0.710 bits per heavy atom. The number of methoxy groups -OCH3 is 4. The molecule has 18 heteroatoms. The van der Waals surface area contributed by atoms with E-state index in [-0.39, 0.29) is 16.8 Å². The minimum Gasteiger partial charge on any atom is -0.497 e. The Morgan fingerprint density at radius 1 is 0.410 bits per heavy atom. The van der Waals surface area contributed by atoms with E-state index in [2.05, 4.69) is 257 Å². The van der Waals surface area contributed by atoms with Crippen LogP contribution in [0, 0.1) is 178 Å². The summed E-state index contributed by atoms with van der Waals surface area (Å²) in [6.45, 7) is 11.6. The number of aromatic nitrogens is 4. The number of ether oxygens (including phenoxy) is 4. The van der Waals surface area contributed by atoms with Gasteiger partial charge in [-0.25, -0.2) is 15.0 Å². The van der Waals surface area contributed by atoms with Gasteiger partial charge in [-0.1, -0.05) is 23.4 Å². The Labute approximate surface area is 616 Å². The maximum Gasteiger partial charge on any atom is 0.498 e. The number of hydrogen-bond donors (Lipinski definition) is 1. The summed E-state index contributed by atoms with van der Waals surface area (Å²) in [4.78, 5) is 31.2. The predicted octanol–water partition coefficient (Wildman–Crippen LogP) is 12.7. The second kappa shape index (κ2) is 41.4. The normalized spacial score (nSPS) is 10.4. The summed E-state index contributed by atoms with van der Waals surface area (Å²) in [7, 11) is 14.0. The highest BCUT2D eigenvalue weighted by Gasteiger charge is 2.52. The van der Waals surface area contributed by atoms with E-state index in [1.54, 1.807) is 60.5 Å². The molecule has 0 atom stereocenters. The summed E-state index contributed by atoms with van der Waals surface area (Å²) in [5.41, 5.74) is 3.44. The molecule has 4 aromatic heterocycles. The number of hydrogen-bond acceptors (Lipinski definition) is 12. The zero-order chi connectivity index (χ0) is 72.9. The lowest BCUT2D eigenvalue weighted by Gasteiger charge is -2.32. The molecule has 4 aromatic carbocycles. The van der Waals surface area contributed by atoms with Gasteiger partial charge in [-0.3, -0.25) is 4.79 Å². The fraction of sp³-hybridized carbons (Fsp3) is 0.195. The molecule has 1 aliphatic heterocycles. The number of rotatable bonds is 7. The molecule has 1 N–H and O–H groups in total. The number of pyridine rings is 4. The molecule has 8 aromatic rings. The Morgan fingerprint density at radius 3 is 1.06 bits per heavy atom. The van der Waals surface area contributed by atoms with Gasteiger partial charge in [0.05, 0.1) is 75.1 Å². The van der Waals surface area contributed by atoms with Crippen molar-refractivity contribution in [2.24, 2.45) is 0 Å². The fourth-order valence-corrected chi connectivity index (χ4v) is 9.48. The number of anilines is 2. The van der Waals surface area contributed by atoms with E-state index in [0.29, 0.717) is 10.9 Å². The van der Waals surface area contributed by atoms with Gasteiger partial charge in [-0.2, -0.15) is 0 Å². The van der Waals surface area contributed by atoms with Crippen molar-refractivity contribution < 1.29 is 28.3 Å². The van der Waals surface area contributed by atoms with E-state index in [1.165, 1.54) is 6.07 Å². The van der Waals surface area contributed by atoms with Crippen LogP contribution in [0.2, 0.25) is 5.15 Å². The number of fused-ring (bicyclic) bond motifs is 4. The number of nitrogens with one attached hydrogen (secondary N) is 1. The number of nitrogens with zero attached hydrogens (tertiary/aromatic N) is 5. The highest BCUT2D eigenvalue weighted by atomic mass is 79.9. The van der Waals surface area contributed by atoms with Crippen molar-refractivity contribution in [1.29, 1.82) is 0 Å². The number of aromatic amines is 1. The van der Waals surface area contributed by atoms with Crippen molar-refractivity contribution in [3.63, 3.8) is 0 Å². The van der Waals surface area contributed by atoms with Gasteiger partial charge < -0.3 is 43.0 Å². The summed E-state index contributed by atoms with van der Waals surface area (Å²) < 4.78 is 36.2. The summed E-state index contributed by atoms with van der Waals surface area (Å²) in [5.74, 6) is 80.5. The molecule has 1 fully saturated rings. The number of benzene rings is 4. The molecule has 0 saturated carbocycles. The summed E-state index contributed by atoms with van der Waals surface area (Å²) >= 11 is 16.0. The monoisotopic (exact) mass is 1520 g/mol. The van der Waals surface area contributed by atoms with Crippen LogP contribution >= 0.6 is 59.4 Å². The lowest BCUT2D eigenvalue weighted by molar-refractivity contribution is 0.00578. The van der Waals surface area contributed by atoms with Gasteiger partial charge in [0, 0.05) is 151 Å². The van der Waals surface area contributed by atoms with Gasteiger partial charge in [-0.15, -0.1) is 0 Å². The van der Waals surface area contributed by atoms with Gasteiger partial charge >= 0.3 is 7.12 Å². The highest BCUT2D eigenvalue weighted by molar-refractivity contribution is 9.11. The molecule has 0 aliphatic carbocycles. The van der Waals surface area contributed by atoms with Gasteiger partial charge in [0.15, 0.2) is 0 Å². The van der Waals surface area contributed by atoms with Crippen LogP contribution in [0.5, 0.6) is 23.0 Å². The third kappa shape index (κ3) is 25.7. The van der Waals surface area contributed by atoms with E-state index in [9.17, 15) is 4.79 Å². The standard InChI is InChI=1S/C32H6.C18H25BN2O3.C12H13BrN2O.C10H7BrClNO.C10H8BrNO2/c1-3-5-7-9-11-13-15-17-19-21-23-25-27-29-31-32-30-28-26-24-22-20-18-16-14-12-10-8-6-4-2;1-17(2)18(3,4)24-19(23-17)13-10-12-8-9-16(21(5)6)20-14(12)11-15(13)22-7;1-15(2)12-5-4-8-6-9(13)11(16-3)7-10(8)14-12;1-14-9-5-8-6(4-7(9)11)2-3-10(12)13-8;1-14-9-5-8-6(4-7(9)11)2-3-10(13)12-8/h1-2H3;8-11H,1-7H3;4-7H,1-3H3;2-5H,1H3;2-5H,1H3,(H,12,13). The number of halogens is 4. The van der Waals surface area contributed by atoms with Crippen LogP contribution in [0.4, 0.5) is 11.6 Å². The van der Waals surface area contributed by atoms with Crippen LogP contribution in [0.25, 0.3) is 43.6 Å². The van der Waals surface area contributed by atoms with Gasteiger partial charge in [0.25, 0.3) is 0 Å². The summed E-state index contributed by atoms with van der Waals surface area (Å²) in [5, 5.41) is 4.62. The minimum atomic E-state index is -0.456. The highest BCUT2D eigenvalue weighted by Crippen LogP contribution is 2.38. The maximum atomic E-state index is 11.1.